The van der Waals surface area contributed by atoms with Crippen LogP contribution in [-0.4, -0.2) is 29.7 Å². The predicted molar refractivity (Wildman–Crippen MR) is 111 cm³/mol. The van der Waals surface area contributed by atoms with Crippen LogP contribution >= 0.6 is 11.6 Å². The van der Waals surface area contributed by atoms with Crippen LogP contribution in [0.5, 0.6) is 5.75 Å². The smallest absolute Gasteiger partial charge is 0.227 e. The van der Waals surface area contributed by atoms with Gasteiger partial charge in [0.2, 0.25) is 11.8 Å². The van der Waals surface area contributed by atoms with E-state index in [0.717, 1.165) is 23.4 Å². The molecule has 1 aliphatic rings. The molecule has 150 valence electrons. The Bertz CT molecular complexity index is 1020. The largest absolute Gasteiger partial charge is 0.497 e. The summed E-state index contributed by atoms with van der Waals surface area (Å²) in [4.78, 5) is 18.8. The van der Waals surface area contributed by atoms with Crippen molar-refractivity contribution in [3.63, 3.8) is 0 Å². The lowest BCUT2D eigenvalue weighted by molar-refractivity contribution is -0.117. The van der Waals surface area contributed by atoms with Crippen molar-refractivity contribution >= 4 is 23.2 Å². The summed E-state index contributed by atoms with van der Waals surface area (Å²) >= 11 is 6.10. The number of carbonyl (C=O) groups excluding carboxylic acids is 1. The minimum absolute atomic E-state index is 0.0568. The molecule has 0 radical (unpaired) electrons. The summed E-state index contributed by atoms with van der Waals surface area (Å²) < 4.78 is 10.6. The number of hydrogen-bond acceptors (Lipinski definition) is 5. The summed E-state index contributed by atoms with van der Waals surface area (Å²) in [5.74, 6) is 2.00. The Morgan fingerprint density at radius 1 is 1.21 bits per heavy atom. The average Bonchev–Trinajstić information content (AvgIpc) is 3.35. The van der Waals surface area contributed by atoms with Crippen molar-refractivity contribution in [3.05, 3.63) is 70.3 Å². The SMILES string of the molecule is COc1ccc(CCc2nc(C3CC(=O)N(c4ccc(Cl)c(C)c4)C3)no2)cc1. The molecule has 0 saturated carbocycles. The van der Waals surface area contributed by atoms with E-state index in [4.69, 9.17) is 20.9 Å². The molecule has 29 heavy (non-hydrogen) atoms. The molecule has 0 spiro atoms. The van der Waals surface area contributed by atoms with E-state index in [2.05, 4.69) is 10.1 Å². The first-order valence-electron chi connectivity index (χ1n) is 9.55. The number of halogens is 1. The zero-order valence-electron chi connectivity index (χ0n) is 16.4. The van der Waals surface area contributed by atoms with Crippen LogP contribution in [0.3, 0.4) is 0 Å². The maximum atomic E-state index is 12.5. The van der Waals surface area contributed by atoms with Crippen molar-refractivity contribution in [2.45, 2.75) is 32.1 Å². The number of nitrogens with zero attached hydrogens (tertiary/aromatic N) is 3. The fourth-order valence-corrected chi connectivity index (χ4v) is 3.62. The van der Waals surface area contributed by atoms with Crippen LogP contribution in [0, 0.1) is 6.92 Å². The number of anilines is 1. The molecule has 7 heteroatoms. The lowest BCUT2D eigenvalue weighted by Gasteiger charge is -2.17. The van der Waals surface area contributed by atoms with Crippen molar-refractivity contribution in [3.8, 4) is 5.75 Å². The summed E-state index contributed by atoms with van der Waals surface area (Å²) in [5.41, 5.74) is 2.97. The first-order chi connectivity index (χ1) is 14.0. The fourth-order valence-electron chi connectivity index (χ4n) is 3.51. The third-order valence-electron chi connectivity index (χ3n) is 5.21. The third-order valence-corrected chi connectivity index (χ3v) is 5.64. The van der Waals surface area contributed by atoms with Gasteiger partial charge in [0.25, 0.3) is 0 Å². The molecular formula is C22H22ClN3O3. The lowest BCUT2D eigenvalue weighted by Crippen LogP contribution is -2.24. The Hall–Kier alpha value is -2.86. The molecule has 1 saturated heterocycles. The summed E-state index contributed by atoms with van der Waals surface area (Å²) in [5, 5.41) is 4.82. The highest BCUT2D eigenvalue weighted by Gasteiger charge is 2.34. The number of benzene rings is 2. The summed E-state index contributed by atoms with van der Waals surface area (Å²) in [6.45, 7) is 2.47. The minimum Gasteiger partial charge on any atom is -0.497 e. The summed E-state index contributed by atoms with van der Waals surface area (Å²) in [6, 6.07) is 13.5. The Labute approximate surface area is 174 Å². The van der Waals surface area contributed by atoms with Gasteiger partial charge in [-0.05, 0) is 54.8 Å². The van der Waals surface area contributed by atoms with Gasteiger partial charge in [0.1, 0.15) is 5.75 Å². The van der Waals surface area contributed by atoms with Crippen LogP contribution in [0.15, 0.2) is 47.0 Å². The van der Waals surface area contributed by atoms with Crippen LogP contribution in [0.2, 0.25) is 5.02 Å². The molecule has 1 amide bonds. The molecule has 0 bridgehead atoms. The van der Waals surface area contributed by atoms with Gasteiger partial charge in [0.15, 0.2) is 5.82 Å². The molecule has 1 unspecified atom stereocenters. The molecule has 1 aromatic heterocycles. The van der Waals surface area contributed by atoms with Gasteiger partial charge in [-0.2, -0.15) is 4.98 Å². The quantitative estimate of drug-likeness (QED) is 0.603. The van der Waals surface area contributed by atoms with Crippen LogP contribution in [0.1, 0.15) is 35.2 Å². The van der Waals surface area contributed by atoms with Gasteiger partial charge in [-0.3, -0.25) is 4.79 Å². The van der Waals surface area contributed by atoms with E-state index >= 15 is 0 Å². The number of rotatable bonds is 6. The Kier molecular flexibility index (Phi) is 5.53. The summed E-state index contributed by atoms with van der Waals surface area (Å²) in [6.07, 6.45) is 1.82. The van der Waals surface area contributed by atoms with Crippen LogP contribution in [0.4, 0.5) is 5.69 Å². The first kappa shape index (κ1) is 19.5. The maximum Gasteiger partial charge on any atom is 0.227 e. The van der Waals surface area contributed by atoms with E-state index in [1.165, 1.54) is 5.56 Å². The fraction of sp³-hybridized carbons (Fsp3) is 0.318. The van der Waals surface area contributed by atoms with Crippen LogP contribution in [0.25, 0.3) is 0 Å². The van der Waals surface area contributed by atoms with Gasteiger partial charge in [0, 0.05) is 36.0 Å². The van der Waals surface area contributed by atoms with E-state index in [0.29, 0.717) is 36.1 Å². The second kappa shape index (κ2) is 8.25. The highest BCUT2D eigenvalue weighted by atomic mass is 35.5. The molecule has 4 rings (SSSR count). The molecule has 1 aliphatic heterocycles. The van der Waals surface area contributed by atoms with Crippen molar-refractivity contribution in [2.24, 2.45) is 0 Å². The maximum absolute atomic E-state index is 12.5. The van der Waals surface area contributed by atoms with E-state index in [-0.39, 0.29) is 11.8 Å². The van der Waals surface area contributed by atoms with E-state index in [1.807, 2.05) is 49.4 Å². The molecule has 1 atom stereocenters. The van der Waals surface area contributed by atoms with Crippen LogP contribution < -0.4 is 9.64 Å². The van der Waals surface area contributed by atoms with E-state index < -0.39 is 0 Å². The Balaban J connectivity index is 1.40. The average molecular weight is 412 g/mol. The van der Waals surface area contributed by atoms with Gasteiger partial charge in [-0.25, -0.2) is 0 Å². The monoisotopic (exact) mass is 411 g/mol. The molecule has 6 nitrogen and oxygen atoms in total. The van der Waals surface area contributed by atoms with Crippen LogP contribution in [-0.2, 0) is 17.6 Å². The van der Waals surface area contributed by atoms with Gasteiger partial charge in [0.05, 0.1) is 7.11 Å². The number of aromatic nitrogens is 2. The molecule has 3 aromatic rings. The minimum atomic E-state index is -0.0722. The van der Waals surface area contributed by atoms with Crippen molar-refractivity contribution in [1.82, 2.24) is 10.1 Å². The van der Waals surface area contributed by atoms with Gasteiger partial charge < -0.3 is 14.2 Å². The lowest BCUT2D eigenvalue weighted by atomic mass is 10.1. The Morgan fingerprint density at radius 2 is 2.00 bits per heavy atom. The highest BCUT2D eigenvalue weighted by Crippen LogP contribution is 2.32. The Morgan fingerprint density at radius 3 is 2.72 bits per heavy atom. The van der Waals surface area contributed by atoms with E-state index in [9.17, 15) is 4.79 Å². The van der Waals surface area contributed by atoms with Gasteiger partial charge in [-0.1, -0.05) is 28.9 Å². The van der Waals surface area contributed by atoms with Crippen molar-refractivity contribution in [1.29, 1.82) is 0 Å². The standard InChI is InChI=1S/C22H22ClN3O3/c1-14-11-17(6-9-19(14)23)26-13-16(12-21(26)27)22-24-20(29-25-22)10-5-15-3-7-18(28-2)8-4-15/h3-4,6-9,11,16H,5,10,12-13H2,1-2H3. The van der Waals surface area contributed by atoms with Crippen molar-refractivity contribution in [2.75, 3.05) is 18.6 Å². The summed E-state index contributed by atoms with van der Waals surface area (Å²) in [7, 11) is 1.65. The molecule has 2 aromatic carbocycles. The molecule has 0 aliphatic carbocycles. The predicted octanol–water partition coefficient (Wildman–Crippen LogP) is 4.35. The number of amides is 1. The first-order valence-corrected chi connectivity index (χ1v) is 9.93. The second-order valence-electron chi connectivity index (χ2n) is 7.23. The number of ether oxygens (including phenoxy) is 1. The number of hydrogen-bond donors (Lipinski definition) is 0. The highest BCUT2D eigenvalue weighted by molar-refractivity contribution is 6.31. The molecule has 0 N–H and O–H groups in total. The molecular weight excluding hydrogens is 390 g/mol. The van der Waals surface area contributed by atoms with Gasteiger partial charge >= 0.3 is 0 Å². The zero-order valence-corrected chi connectivity index (χ0v) is 17.1. The normalized spacial score (nSPS) is 16.4. The van der Waals surface area contributed by atoms with Crippen molar-refractivity contribution < 1.29 is 14.1 Å². The zero-order chi connectivity index (χ0) is 20.4. The number of aryl methyl sites for hydroxylation is 3. The topological polar surface area (TPSA) is 68.5 Å². The van der Waals surface area contributed by atoms with Gasteiger partial charge in [-0.15, -0.1) is 0 Å². The number of carbonyl (C=O) groups is 1. The second-order valence-corrected chi connectivity index (χ2v) is 7.64. The molecule has 1 fully saturated rings. The number of methoxy groups -OCH3 is 1. The van der Waals surface area contributed by atoms with E-state index in [1.54, 1.807) is 12.0 Å². The third kappa shape index (κ3) is 4.27. The molecule has 2 heterocycles.